The second-order valence-corrected chi connectivity index (χ2v) is 3.92. The Kier molecular flexibility index (Phi) is 5.60. The van der Waals surface area contributed by atoms with Crippen molar-refractivity contribution in [1.29, 1.82) is 0 Å². The molecule has 0 aromatic heterocycles. The second kappa shape index (κ2) is 6.76. The zero-order chi connectivity index (χ0) is 11.1. The van der Waals surface area contributed by atoms with Crippen LogP contribution in [0.5, 0.6) is 0 Å². The number of amides is 1. The zero-order valence-corrected chi connectivity index (χ0v) is 9.11. The lowest BCUT2D eigenvalue weighted by Crippen LogP contribution is -2.47. The van der Waals surface area contributed by atoms with Crippen molar-refractivity contribution in [3.8, 4) is 0 Å². The summed E-state index contributed by atoms with van der Waals surface area (Å²) >= 11 is 0. The van der Waals surface area contributed by atoms with Crippen molar-refractivity contribution in [3.63, 3.8) is 0 Å². The number of nitrogens with zero attached hydrogens (tertiary/aromatic N) is 1. The fourth-order valence-electron chi connectivity index (χ4n) is 1.72. The van der Waals surface area contributed by atoms with E-state index in [1.807, 2.05) is 0 Å². The summed E-state index contributed by atoms with van der Waals surface area (Å²) < 4.78 is 0. The number of nitrogens with two attached hydrogens (primary N) is 1. The van der Waals surface area contributed by atoms with E-state index in [2.05, 4.69) is 10.2 Å². The monoisotopic (exact) mass is 215 g/mol. The number of carbonyl (C=O) groups excluding carboxylic acids is 1. The molecule has 0 saturated heterocycles. The lowest BCUT2D eigenvalue weighted by atomic mass is 9.91. The van der Waals surface area contributed by atoms with E-state index in [0.717, 1.165) is 12.8 Å². The molecule has 1 rings (SSSR count). The largest absolute Gasteiger partial charge is 0.395 e. The summed E-state index contributed by atoms with van der Waals surface area (Å²) in [7, 11) is 0. The molecule has 0 aromatic rings. The smallest absolute Gasteiger partial charge is 0.234 e. The molecule has 1 fully saturated rings. The van der Waals surface area contributed by atoms with Crippen LogP contribution in [0.2, 0.25) is 0 Å². The third-order valence-electron chi connectivity index (χ3n) is 2.79. The van der Waals surface area contributed by atoms with Gasteiger partial charge in [0.1, 0.15) is 0 Å². The third-order valence-corrected chi connectivity index (χ3v) is 2.79. The summed E-state index contributed by atoms with van der Waals surface area (Å²) in [5.41, 5.74) is 5.30. The van der Waals surface area contributed by atoms with Crippen LogP contribution in [-0.4, -0.2) is 54.7 Å². The van der Waals surface area contributed by atoms with Crippen LogP contribution in [-0.2, 0) is 4.79 Å². The molecule has 15 heavy (non-hydrogen) atoms. The highest BCUT2D eigenvalue weighted by molar-refractivity contribution is 5.78. The molecule has 0 aliphatic heterocycles. The Morgan fingerprint density at radius 3 is 2.73 bits per heavy atom. The van der Waals surface area contributed by atoms with Crippen LogP contribution in [0, 0.1) is 0 Å². The maximum atomic E-state index is 11.4. The van der Waals surface area contributed by atoms with Gasteiger partial charge in [0.2, 0.25) is 5.91 Å². The van der Waals surface area contributed by atoms with E-state index in [1.54, 1.807) is 0 Å². The molecule has 0 atom stereocenters. The average molecular weight is 215 g/mol. The molecule has 0 spiro atoms. The molecule has 1 aliphatic carbocycles. The van der Waals surface area contributed by atoms with E-state index in [-0.39, 0.29) is 12.5 Å². The quantitative estimate of drug-likeness (QED) is 0.504. The third kappa shape index (κ3) is 4.15. The summed E-state index contributed by atoms with van der Waals surface area (Å²) in [4.78, 5) is 13.5. The van der Waals surface area contributed by atoms with Crippen molar-refractivity contribution in [2.45, 2.75) is 25.3 Å². The molecule has 1 saturated carbocycles. The summed E-state index contributed by atoms with van der Waals surface area (Å²) in [5.74, 6) is 0.000741. The minimum atomic E-state index is 0.000741. The molecule has 1 aliphatic rings. The van der Waals surface area contributed by atoms with Crippen molar-refractivity contribution >= 4 is 5.91 Å². The van der Waals surface area contributed by atoms with Gasteiger partial charge in [-0.25, -0.2) is 0 Å². The maximum absolute atomic E-state index is 11.4. The summed E-state index contributed by atoms with van der Waals surface area (Å²) in [6, 6.07) is 0.487. The van der Waals surface area contributed by atoms with Crippen molar-refractivity contribution in [2.24, 2.45) is 5.73 Å². The van der Waals surface area contributed by atoms with Crippen molar-refractivity contribution in [2.75, 3.05) is 32.8 Å². The molecular formula is C10H21N3O2. The van der Waals surface area contributed by atoms with E-state index in [1.165, 1.54) is 6.42 Å². The number of hydrogen-bond acceptors (Lipinski definition) is 4. The van der Waals surface area contributed by atoms with E-state index < -0.39 is 0 Å². The molecule has 88 valence electrons. The van der Waals surface area contributed by atoms with E-state index in [4.69, 9.17) is 10.8 Å². The van der Waals surface area contributed by atoms with E-state index in [9.17, 15) is 4.79 Å². The second-order valence-electron chi connectivity index (χ2n) is 3.92. The molecular weight excluding hydrogens is 194 g/mol. The lowest BCUT2D eigenvalue weighted by molar-refractivity contribution is -0.123. The van der Waals surface area contributed by atoms with Crippen LogP contribution >= 0.6 is 0 Å². The highest BCUT2D eigenvalue weighted by Crippen LogP contribution is 2.24. The fraction of sp³-hybridized carbons (Fsp3) is 0.900. The Balaban J connectivity index is 2.26. The minimum Gasteiger partial charge on any atom is -0.395 e. The summed E-state index contributed by atoms with van der Waals surface area (Å²) in [6.45, 7) is 2.07. The van der Waals surface area contributed by atoms with Crippen LogP contribution in [0.25, 0.3) is 0 Å². The van der Waals surface area contributed by atoms with Gasteiger partial charge in [-0.1, -0.05) is 6.42 Å². The van der Waals surface area contributed by atoms with E-state index >= 15 is 0 Å². The average Bonchev–Trinajstić information content (AvgIpc) is 2.12. The van der Waals surface area contributed by atoms with Crippen molar-refractivity contribution in [3.05, 3.63) is 0 Å². The van der Waals surface area contributed by atoms with E-state index in [0.29, 0.717) is 32.2 Å². The summed E-state index contributed by atoms with van der Waals surface area (Å²) in [5, 5.41) is 11.6. The van der Waals surface area contributed by atoms with Gasteiger partial charge in [0, 0.05) is 25.7 Å². The first-order valence-electron chi connectivity index (χ1n) is 5.59. The van der Waals surface area contributed by atoms with Crippen LogP contribution in [0.4, 0.5) is 0 Å². The molecule has 4 N–H and O–H groups in total. The lowest BCUT2D eigenvalue weighted by Gasteiger charge is -2.36. The highest BCUT2D eigenvalue weighted by Gasteiger charge is 2.25. The van der Waals surface area contributed by atoms with Crippen molar-refractivity contribution in [1.82, 2.24) is 10.2 Å². The zero-order valence-electron chi connectivity index (χ0n) is 9.11. The molecule has 5 heteroatoms. The predicted molar refractivity (Wildman–Crippen MR) is 58.4 cm³/mol. The first-order chi connectivity index (χ1) is 7.27. The Morgan fingerprint density at radius 2 is 2.27 bits per heavy atom. The first-order valence-corrected chi connectivity index (χ1v) is 5.59. The number of hydrogen-bond donors (Lipinski definition) is 3. The van der Waals surface area contributed by atoms with Crippen LogP contribution in [0.1, 0.15) is 19.3 Å². The fourth-order valence-corrected chi connectivity index (χ4v) is 1.72. The van der Waals surface area contributed by atoms with Gasteiger partial charge in [0.25, 0.3) is 0 Å². The molecule has 1 amide bonds. The van der Waals surface area contributed by atoms with Gasteiger partial charge in [-0.3, -0.25) is 9.69 Å². The Bertz CT molecular complexity index is 195. The Hall–Kier alpha value is -0.650. The molecule has 0 aromatic carbocycles. The molecule has 0 bridgehead atoms. The normalized spacial score (nSPS) is 16.5. The highest BCUT2D eigenvalue weighted by atomic mass is 16.3. The Labute approximate surface area is 90.6 Å². The topological polar surface area (TPSA) is 78.6 Å². The van der Waals surface area contributed by atoms with Gasteiger partial charge in [-0.15, -0.1) is 0 Å². The van der Waals surface area contributed by atoms with Crippen LogP contribution < -0.4 is 11.1 Å². The summed E-state index contributed by atoms with van der Waals surface area (Å²) in [6.07, 6.45) is 3.52. The van der Waals surface area contributed by atoms with Gasteiger partial charge >= 0.3 is 0 Å². The van der Waals surface area contributed by atoms with Crippen LogP contribution in [0.3, 0.4) is 0 Å². The Morgan fingerprint density at radius 1 is 1.53 bits per heavy atom. The molecule has 0 radical (unpaired) electrons. The number of aliphatic hydroxyl groups excluding tert-OH is 1. The number of aliphatic hydroxyl groups is 1. The van der Waals surface area contributed by atoms with Gasteiger partial charge < -0.3 is 16.2 Å². The van der Waals surface area contributed by atoms with Gasteiger partial charge in [-0.2, -0.15) is 0 Å². The molecule has 5 nitrogen and oxygen atoms in total. The minimum absolute atomic E-state index is 0.000741. The first kappa shape index (κ1) is 12.4. The predicted octanol–water partition coefficient (Wildman–Crippen LogP) is -1.09. The van der Waals surface area contributed by atoms with Gasteiger partial charge in [-0.05, 0) is 12.8 Å². The maximum Gasteiger partial charge on any atom is 0.234 e. The van der Waals surface area contributed by atoms with Crippen molar-refractivity contribution < 1.29 is 9.90 Å². The number of carbonyl (C=O) groups is 1. The number of nitrogens with one attached hydrogen (secondary N) is 1. The SMILES string of the molecule is NCCNC(=O)CN(CCO)C1CCC1. The van der Waals surface area contributed by atoms with Crippen LogP contribution in [0.15, 0.2) is 0 Å². The number of rotatable bonds is 7. The van der Waals surface area contributed by atoms with Gasteiger partial charge in [0.05, 0.1) is 13.2 Å². The standard InChI is InChI=1S/C10H21N3O2/c11-4-5-12-10(15)8-13(6-7-14)9-2-1-3-9/h9,14H,1-8,11H2,(H,12,15). The van der Waals surface area contributed by atoms with Gasteiger partial charge in [0.15, 0.2) is 0 Å². The molecule has 0 heterocycles. The molecule has 0 unspecified atom stereocenters.